The molecule has 5 nitrogen and oxygen atoms in total. The summed E-state index contributed by atoms with van der Waals surface area (Å²) in [4.78, 5) is 11.5. The number of para-hydroxylation sites is 1. The molecule has 1 unspecified atom stereocenters. The van der Waals surface area contributed by atoms with Gasteiger partial charge in [-0.3, -0.25) is 4.79 Å². The normalized spacial score (nSPS) is 17.4. The van der Waals surface area contributed by atoms with Crippen molar-refractivity contribution in [3.8, 4) is 28.4 Å². The molecule has 1 aliphatic rings. The molecule has 6 heteroatoms. The van der Waals surface area contributed by atoms with E-state index < -0.39 is 11.5 Å². The molecule has 0 bridgehead atoms. The van der Waals surface area contributed by atoms with Crippen LogP contribution in [0.4, 0.5) is 0 Å². The number of carboxylic acids is 1. The molecule has 1 atom stereocenters. The highest BCUT2D eigenvalue weighted by Gasteiger charge is 2.37. The van der Waals surface area contributed by atoms with Crippen molar-refractivity contribution in [1.29, 1.82) is 0 Å². The third-order valence-corrected chi connectivity index (χ3v) is 5.45. The van der Waals surface area contributed by atoms with Crippen LogP contribution in [-0.2, 0) is 17.6 Å². The highest BCUT2D eigenvalue weighted by Crippen LogP contribution is 2.36. The van der Waals surface area contributed by atoms with E-state index in [0.29, 0.717) is 30.8 Å². The Kier molecular flexibility index (Phi) is 6.34. The van der Waals surface area contributed by atoms with E-state index >= 15 is 0 Å². The number of hydrogen-bond donors (Lipinski definition) is 2. The molecule has 0 saturated carbocycles. The van der Waals surface area contributed by atoms with E-state index in [9.17, 15) is 9.90 Å². The van der Waals surface area contributed by atoms with Gasteiger partial charge in [0.2, 0.25) is 0 Å². The number of halogens is 1. The average Bonchev–Trinajstić information content (AvgIpc) is 2.74. The van der Waals surface area contributed by atoms with Crippen LogP contribution in [0.5, 0.6) is 17.2 Å². The lowest BCUT2D eigenvalue weighted by atomic mass is 9.78. The zero-order valence-corrected chi connectivity index (χ0v) is 17.4. The molecule has 0 amide bonds. The molecular weight excluding hydrogens is 402 g/mol. The Hall–Kier alpha value is -3.02. The van der Waals surface area contributed by atoms with Crippen LogP contribution in [0.2, 0.25) is 0 Å². The molecule has 0 spiro atoms. The molecule has 0 aliphatic heterocycles. The summed E-state index contributed by atoms with van der Waals surface area (Å²) in [5, 5.41) is 9.47. The minimum Gasteiger partial charge on any atom is -0.497 e. The number of aliphatic carboxylic acids is 1. The van der Waals surface area contributed by atoms with Crippen LogP contribution in [0.25, 0.3) is 11.1 Å². The quantitative estimate of drug-likeness (QED) is 0.610. The van der Waals surface area contributed by atoms with E-state index in [-0.39, 0.29) is 12.4 Å². The van der Waals surface area contributed by atoms with Crippen LogP contribution in [0, 0.1) is 0 Å². The van der Waals surface area contributed by atoms with Gasteiger partial charge in [0.15, 0.2) is 0 Å². The van der Waals surface area contributed by atoms with Gasteiger partial charge in [0.25, 0.3) is 0 Å². The third-order valence-electron chi connectivity index (χ3n) is 5.45. The largest absolute Gasteiger partial charge is 0.497 e. The molecule has 0 fully saturated rings. The summed E-state index contributed by atoms with van der Waals surface area (Å²) in [5.74, 6) is 1.19. The van der Waals surface area contributed by atoms with Crippen molar-refractivity contribution in [3.63, 3.8) is 0 Å². The Morgan fingerprint density at radius 3 is 2.57 bits per heavy atom. The molecular formula is C24H24ClNO4. The highest BCUT2D eigenvalue weighted by molar-refractivity contribution is 5.85. The van der Waals surface area contributed by atoms with Crippen molar-refractivity contribution in [2.75, 3.05) is 7.11 Å². The Labute approximate surface area is 181 Å². The number of rotatable bonds is 5. The Balaban J connectivity index is 0.00000256. The molecule has 4 rings (SSSR count). The van der Waals surface area contributed by atoms with Crippen molar-refractivity contribution in [2.45, 2.75) is 24.8 Å². The monoisotopic (exact) mass is 425 g/mol. The van der Waals surface area contributed by atoms with Gasteiger partial charge in [-0.25, -0.2) is 0 Å². The number of aryl methyl sites for hydroxylation is 1. The smallest absolute Gasteiger partial charge is 0.324 e. The maximum atomic E-state index is 11.5. The summed E-state index contributed by atoms with van der Waals surface area (Å²) in [6, 6.07) is 21.4. The van der Waals surface area contributed by atoms with Crippen molar-refractivity contribution >= 4 is 18.4 Å². The van der Waals surface area contributed by atoms with Crippen molar-refractivity contribution in [2.24, 2.45) is 5.73 Å². The molecule has 3 aromatic rings. The zero-order chi connectivity index (χ0) is 20.4. The third kappa shape index (κ3) is 4.27. The van der Waals surface area contributed by atoms with Gasteiger partial charge < -0.3 is 20.3 Å². The van der Waals surface area contributed by atoms with Gasteiger partial charge in [0, 0.05) is 12.0 Å². The molecule has 3 aromatic carbocycles. The van der Waals surface area contributed by atoms with Gasteiger partial charge in [-0.15, -0.1) is 12.4 Å². The maximum Gasteiger partial charge on any atom is 0.324 e. The fourth-order valence-corrected chi connectivity index (χ4v) is 3.75. The summed E-state index contributed by atoms with van der Waals surface area (Å²) >= 11 is 0. The van der Waals surface area contributed by atoms with Gasteiger partial charge in [0.05, 0.1) is 7.11 Å². The molecule has 0 saturated heterocycles. The number of fused-ring (bicyclic) bond motifs is 1. The summed E-state index contributed by atoms with van der Waals surface area (Å²) in [6.07, 6.45) is 1.39. The van der Waals surface area contributed by atoms with E-state index in [0.717, 1.165) is 28.0 Å². The second kappa shape index (κ2) is 8.78. The first-order valence-electron chi connectivity index (χ1n) is 9.54. The Bertz CT molecular complexity index is 1070. The fourth-order valence-electron chi connectivity index (χ4n) is 3.75. The average molecular weight is 426 g/mol. The summed E-state index contributed by atoms with van der Waals surface area (Å²) in [5.41, 5.74) is 8.87. The van der Waals surface area contributed by atoms with Gasteiger partial charge in [-0.2, -0.15) is 0 Å². The first-order chi connectivity index (χ1) is 14.0. The standard InChI is InChI=1S/C24H23NO4.ClH/c1-28-19-6-4-5-17(13-19)21-7-2-3-8-22(21)29-20-10-9-16-11-12-24(25,23(26)27)15-18(16)14-20;/h2-10,13-14H,11-12,15,25H2,1H3,(H,26,27);1H. The second-order valence-corrected chi connectivity index (χ2v) is 7.40. The molecule has 0 radical (unpaired) electrons. The summed E-state index contributed by atoms with van der Waals surface area (Å²) in [6.45, 7) is 0. The predicted molar refractivity (Wildman–Crippen MR) is 119 cm³/mol. The molecule has 156 valence electrons. The number of benzene rings is 3. The minimum atomic E-state index is -1.22. The SMILES string of the molecule is COc1cccc(-c2ccccc2Oc2ccc3c(c2)CC(N)(C(=O)O)CC3)c1.Cl. The number of ether oxygens (including phenoxy) is 2. The number of methoxy groups -OCH3 is 1. The number of nitrogens with two attached hydrogens (primary N) is 1. The zero-order valence-electron chi connectivity index (χ0n) is 16.6. The Morgan fingerprint density at radius 2 is 1.80 bits per heavy atom. The van der Waals surface area contributed by atoms with E-state index in [1.807, 2.05) is 66.7 Å². The predicted octanol–water partition coefficient (Wildman–Crippen LogP) is 4.85. The minimum absolute atomic E-state index is 0. The van der Waals surface area contributed by atoms with Gasteiger partial charge in [-0.05, 0) is 59.9 Å². The second-order valence-electron chi connectivity index (χ2n) is 7.40. The van der Waals surface area contributed by atoms with Gasteiger partial charge in [0.1, 0.15) is 22.8 Å². The van der Waals surface area contributed by atoms with Crippen LogP contribution >= 0.6 is 12.4 Å². The maximum absolute atomic E-state index is 11.5. The van der Waals surface area contributed by atoms with Crippen LogP contribution in [-0.4, -0.2) is 23.7 Å². The van der Waals surface area contributed by atoms with Crippen molar-refractivity contribution in [1.82, 2.24) is 0 Å². The summed E-state index contributed by atoms with van der Waals surface area (Å²) < 4.78 is 11.5. The van der Waals surface area contributed by atoms with Crippen molar-refractivity contribution < 1.29 is 19.4 Å². The molecule has 1 aliphatic carbocycles. The van der Waals surface area contributed by atoms with Crippen molar-refractivity contribution in [3.05, 3.63) is 77.9 Å². The van der Waals surface area contributed by atoms with E-state index in [2.05, 4.69) is 0 Å². The lowest BCUT2D eigenvalue weighted by molar-refractivity contribution is -0.143. The van der Waals surface area contributed by atoms with E-state index in [1.54, 1.807) is 7.11 Å². The fraction of sp³-hybridized carbons (Fsp3) is 0.208. The highest BCUT2D eigenvalue weighted by atomic mass is 35.5. The van der Waals surface area contributed by atoms with Crippen LogP contribution in [0.3, 0.4) is 0 Å². The van der Waals surface area contributed by atoms with E-state index in [4.69, 9.17) is 15.2 Å². The van der Waals surface area contributed by atoms with Gasteiger partial charge in [-0.1, -0.05) is 36.4 Å². The molecule has 0 aromatic heterocycles. The van der Waals surface area contributed by atoms with Gasteiger partial charge >= 0.3 is 5.97 Å². The lowest BCUT2D eigenvalue weighted by Gasteiger charge is -2.31. The number of carboxylic acid groups (broad SMARTS) is 1. The van der Waals surface area contributed by atoms with Crippen LogP contribution in [0.1, 0.15) is 17.5 Å². The first-order valence-corrected chi connectivity index (χ1v) is 9.54. The molecule has 0 heterocycles. The van der Waals surface area contributed by atoms with Crippen LogP contribution < -0.4 is 15.2 Å². The lowest BCUT2D eigenvalue weighted by Crippen LogP contribution is -2.52. The first kappa shape index (κ1) is 21.7. The topological polar surface area (TPSA) is 81.8 Å². The number of hydrogen-bond acceptors (Lipinski definition) is 4. The van der Waals surface area contributed by atoms with E-state index in [1.165, 1.54) is 0 Å². The van der Waals surface area contributed by atoms with Crippen LogP contribution in [0.15, 0.2) is 66.7 Å². The number of carbonyl (C=O) groups is 1. The summed E-state index contributed by atoms with van der Waals surface area (Å²) in [7, 11) is 1.64. The molecule has 30 heavy (non-hydrogen) atoms. The molecule has 3 N–H and O–H groups in total. The Morgan fingerprint density at radius 1 is 1.00 bits per heavy atom.